The van der Waals surface area contributed by atoms with E-state index in [0.29, 0.717) is 17.9 Å². The lowest BCUT2D eigenvalue weighted by Crippen LogP contribution is -2.05. The zero-order valence-corrected chi connectivity index (χ0v) is 14.0. The fraction of sp³-hybridized carbons (Fsp3) is 0.294. The van der Waals surface area contributed by atoms with Crippen molar-refractivity contribution in [1.29, 1.82) is 0 Å². The zero-order valence-electron chi connectivity index (χ0n) is 12.4. The van der Waals surface area contributed by atoms with Crippen molar-refractivity contribution in [3.63, 3.8) is 0 Å². The van der Waals surface area contributed by atoms with Gasteiger partial charge in [-0.05, 0) is 47.9 Å². The van der Waals surface area contributed by atoms with E-state index in [-0.39, 0.29) is 0 Å². The van der Waals surface area contributed by atoms with Gasteiger partial charge in [0.25, 0.3) is 0 Å². The average molecular weight is 351 g/mol. The van der Waals surface area contributed by atoms with Crippen LogP contribution in [0.25, 0.3) is 0 Å². The van der Waals surface area contributed by atoms with Crippen molar-refractivity contribution in [1.82, 2.24) is 0 Å². The van der Waals surface area contributed by atoms with Crippen LogP contribution in [0.3, 0.4) is 0 Å². The lowest BCUT2D eigenvalue weighted by Gasteiger charge is -2.17. The van der Waals surface area contributed by atoms with Crippen LogP contribution in [0.15, 0.2) is 40.9 Å². The van der Waals surface area contributed by atoms with Gasteiger partial charge in [0.1, 0.15) is 0 Å². The molecule has 3 nitrogen and oxygen atoms in total. The predicted octanol–water partition coefficient (Wildman–Crippen LogP) is 4.05. The number of methoxy groups -OCH3 is 2. The Morgan fingerprint density at radius 2 is 1.62 bits per heavy atom. The first-order chi connectivity index (χ1) is 10.0. The summed E-state index contributed by atoms with van der Waals surface area (Å²) in [6, 6.07) is 11.7. The van der Waals surface area contributed by atoms with Gasteiger partial charge >= 0.3 is 0 Å². The first kappa shape index (κ1) is 15.9. The monoisotopic (exact) mass is 350 g/mol. The number of rotatable bonds is 5. The third-order valence-corrected chi connectivity index (χ3v) is 4.00. The van der Waals surface area contributed by atoms with Gasteiger partial charge in [0, 0.05) is 10.9 Å². The van der Waals surface area contributed by atoms with Crippen LogP contribution in [0.4, 0.5) is 0 Å². The Kier molecular flexibility index (Phi) is 5.26. The van der Waals surface area contributed by atoms with Crippen LogP contribution in [0.5, 0.6) is 11.5 Å². The van der Waals surface area contributed by atoms with Crippen molar-refractivity contribution in [2.45, 2.75) is 19.4 Å². The maximum absolute atomic E-state index is 10.5. The second kappa shape index (κ2) is 6.96. The molecule has 0 saturated carbocycles. The number of hydrogen-bond acceptors (Lipinski definition) is 3. The molecule has 1 unspecified atom stereocenters. The molecule has 1 N–H and O–H groups in total. The SMILES string of the molecule is COc1cc(C)c(C(O)Cc2ccc(Br)cc2)cc1OC. The number of ether oxygens (including phenoxy) is 2. The minimum atomic E-state index is -0.578. The van der Waals surface area contributed by atoms with E-state index < -0.39 is 6.10 Å². The summed E-state index contributed by atoms with van der Waals surface area (Å²) in [6.45, 7) is 1.96. The Morgan fingerprint density at radius 3 is 2.19 bits per heavy atom. The quantitative estimate of drug-likeness (QED) is 0.883. The van der Waals surface area contributed by atoms with Gasteiger partial charge in [-0.2, -0.15) is 0 Å². The van der Waals surface area contributed by atoms with E-state index in [2.05, 4.69) is 15.9 Å². The van der Waals surface area contributed by atoms with Crippen LogP contribution in [0.2, 0.25) is 0 Å². The van der Waals surface area contributed by atoms with Crippen LogP contribution in [-0.2, 0) is 6.42 Å². The van der Waals surface area contributed by atoms with Gasteiger partial charge in [-0.25, -0.2) is 0 Å². The van der Waals surface area contributed by atoms with Gasteiger partial charge in [-0.15, -0.1) is 0 Å². The summed E-state index contributed by atoms with van der Waals surface area (Å²) in [5.41, 5.74) is 2.92. The number of hydrogen-bond donors (Lipinski definition) is 1. The van der Waals surface area contributed by atoms with Crippen molar-refractivity contribution in [2.24, 2.45) is 0 Å². The molecule has 1 atom stereocenters. The van der Waals surface area contributed by atoms with Gasteiger partial charge < -0.3 is 14.6 Å². The predicted molar refractivity (Wildman–Crippen MR) is 87.1 cm³/mol. The minimum absolute atomic E-state index is 0.559. The van der Waals surface area contributed by atoms with Crippen LogP contribution in [-0.4, -0.2) is 19.3 Å². The van der Waals surface area contributed by atoms with Gasteiger partial charge in [-0.3, -0.25) is 0 Å². The summed E-state index contributed by atoms with van der Waals surface area (Å²) >= 11 is 3.41. The number of aryl methyl sites for hydroxylation is 1. The molecule has 0 aromatic heterocycles. The molecule has 0 bridgehead atoms. The Morgan fingerprint density at radius 1 is 1.05 bits per heavy atom. The number of benzene rings is 2. The topological polar surface area (TPSA) is 38.7 Å². The molecular formula is C17H19BrO3. The molecule has 2 rings (SSSR count). The molecule has 2 aromatic carbocycles. The summed E-state index contributed by atoms with van der Waals surface area (Å²) in [7, 11) is 3.20. The molecule has 0 radical (unpaired) electrons. The zero-order chi connectivity index (χ0) is 15.4. The van der Waals surface area contributed by atoms with E-state index in [1.165, 1.54) is 0 Å². The smallest absolute Gasteiger partial charge is 0.161 e. The summed E-state index contributed by atoms with van der Waals surface area (Å²) in [4.78, 5) is 0. The third-order valence-electron chi connectivity index (χ3n) is 3.47. The highest BCUT2D eigenvalue weighted by Gasteiger charge is 2.15. The molecule has 0 aliphatic heterocycles. The summed E-state index contributed by atoms with van der Waals surface area (Å²) in [6.07, 6.45) is -0.0187. The number of halogens is 1. The largest absolute Gasteiger partial charge is 0.493 e. The molecule has 0 fully saturated rings. The van der Waals surface area contributed by atoms with Crippen molar-refractivity contribution in [3.05, 3.63) is 57.6 Å². The highest BCUT2D eigenvalue weighted by molar-refractivity contribution is 9.10. The highest BCUT2D eigenvalue weighted by atomic mass is 79.9. The first-order valence-electron chi connectivity index (χ1n) is 6.70. The Bertz CT molecular complexity index is 608. The second-order valence-corrected chi connectivity index (χ2v) is 5.83. The first-order valence-corrected chi connectivity index (χ1v) is 7.49. The molecule has 4 heteroatoms. The highest BCUT2D eigenvalue weighted by Crippen LogP contribution is 2.33. The van der Waals surface area contributed by atoms with Crippen molar-refractivity contribution < 1.29 is 14.6 Å². The normalized spacial score (nSPS) is 12.0. The molecule has 0 spiro atoms. The van der Waals surface area contributed by atoms with Gasteiger partial charge in [0.05, 0.1) is 20.3 Å². The molecule has 0 aliphatic rings. The summed E-state index contributed by atoms with van der Waals surface area (Å²) < 4.78 is 11.6. The van der Waals surface area contributed by atoms with E-state index in [9.17, 15) is 5.11 Å². The Labute approximate surface area is 133 Å². The second-order valence-electron chi connectivity index (χ2n) is 4.91. The molecular weight excluding hydrogens is 332 g/mol. The molecule has 112 valence electrons. The summed E-state index contributed by atoms with van der Waals surface area (Å²) in [5, 5.41) is 10.5. The van der Waals surface area contributed by atoms with Gasteiger partial charge in [0.2, 0.25) is 0 Å². The molecule has 21 heavy (non-hydrogen) atoms. The van der Waals surface area contributed by atoms with Crippen LogP contribution in [0, 0.1) is 6.92 Å². The third kappa shape index (κ3) is 3.77. The van der Waals surface area contributed by atoms with E-state index >= 15 is 0 Å². The van der Waals surface area contributed by atoms with Gasteiger partial charge in [-0.1, -0.05) is 28.1 Å². The minimum Gasteiger partial charge on any atom is -0.493 e. The molecule has 2 aromatic rings. The van der Waals surface area contributed by atoms with Crippen molar-refractivity contribution >= 4 is 15.9 Å². The average Bonchev–Trinajstić information content (AvgIpc) is 2.49. The maximum Gasteiger partial charge on any atom is 0.161 e. The molecule has 0 aliphatic carbocycles. The molecule has 0 amide bonds. The van der Waals surface area contributed by atoms with Crippen LogP contribution < -0.4 is 9.47 Å². The van der Waals surface area contributed by atoms with E-state index in [0.717, 1.165) is 21.2 Å². The van der Waals surface area contributed by atoms with E-state index in [4.69, 9.17) is 9.47 Å². The Balaban J connectivity index is 2.26. The lowest BCUT2D eigenvalue weighted by atomic mass is 9.97. The molecule has 0 heterocycles. The van der Waals surface area contributed by atoms with Crippen LogP contribution >= 0.6 is 15.9 Å². The molecule has 0 saturated heterocycles. The van der Waals surface area contributed by atoms with Crippen molar-refractivity contribution in [3.8, 4) is 11.5 Å². The summed E-state index contributed by atoms with van der Waals surface area (Å²) in [5.74, 6) is 1.31. The fourth-order valence-electron chi connectivity index (χ4n) is 2.31. The van der Waals surface area contributed by atoms with Crippen LogP contribution in [0.1, 0.15) is 22.8 Å². The number of aliphatic hydroxyl groups excluding tert-OH is 1. The van der Waals surface area contributed by atoms with E-state index in [1.807, 2.05) is 43.3 Å². The van der Waals surface area contributed by atoms with Crippen molar-refractivity contribution in [2.75, 3.05) is 14.2 Å². The Hall–Kier alpha value is -1.52. The van der Waals surface area contributed by atoms with E-state index in [1.54, 1.807) is 14.2 Å². The van der Waals surface area contributed by atoms with Gasteiger partial charge in [0.15, 0.2) is 11.5 Å². The standard InChI is InChI=1S/C17H19BrO3/c1-11-8-16(20-2)17(21-3)10-14(11)15(19)9-12-4-6-13(18)7-5-12/h4-8,10,15,19H,9H2,1-3H3. The fourth-order valence-corrected chi connectivity index (χ4v) is 2.57. The number of aliphatic hydroxyl groups is 1. The lowest BCUT2D eigenvalue weighted by molar-refractivity contribution is 0.177. The maximum atomic E-state index is 10.5.